The summed E-state index contributed by atoms with van der Waals surface area (Å²) >= 11 is 0. The highest BCUT2D eigenvalue weighted by Gasteiger charge is 2.30. The van der Waals surface area contributed by atoms with E-state index in [2.05, 4.69) is 0 Å². The number of carbonyl (C=O) groups excluding carboxylic acids is 1. The van der Waals surface area contributed by atoms with Crippen molar-refractivity contribution in [1.29, 1.82) is 0 Å². The Morgan fingerprint density at radius 3 is 2.58 bits per heavy atom. The van der Waals surface area contributed by atoms with E-state index in [0.29, 0.717) is 11.3 Å². The lowest BCUT2D eigenvalue weighted by Crippen LogP contribution is -2.33. The number of rotatable bonds is 3. The largest absolute Gasteiger partial charge is 0.309 e. The summed E-state index contributed by atoms with van der Waals surface area (Å²) in [5.74, 6) is -0.912. The van der Waals surface area contributed by atoms with Gasteiger partial charge in [-0.1, -0.05) is 0 Å². The van der Waals surface area contributed by atoms with Crippen molar-refractivity contribution in [2.24, 2.45) is 5.14 Å². The molecule has 0 aromatic heterocycles. The molecule has 0 radical (unpaired) electrons. The predicted octanol–water partition coefficient (Wildman–Crippen LogP) is 0.739. The minimum atomic E-state index is -4.05. The lowest BCUT2D eigenvalue weighted by molar-refractivity contribution is -0.117. The molecule has 0 fully saturated rings. The number of hydrogen-bond donors (Lipinski definition) is 2. The third kappa shape index (κ3) is 2.69. The summed E-state index contributed by atoms with van der Waals surface area (Å²) in [6.45, 7) is 3.64. The van der Waals surface area contributed by atoms with E-state index in [9.17, 15) is 17.6 Å². The van der Waals surface area contributed by atoms with E-state index in [0.717, 1.165) is 6.07 Å². The van der Waals surface area contributed by atoms with Crippen LogP contribution in [0.5, 0.6) is 0 Å². The van der Waals surface area contributed by atoms with Gasteiger partial charge < -0.3 is 4.90 Å². The molecule has 1 aromatic rings. The van der Waals surface area contributed by atoms with Crippen molar-refractivity contribution < 1.29 is 17.6 Å². The minimum absolute atomic E-state index is 0.0924. The van der Waals surface area contributed by atoms with Crippen LogP contribution in [0.25, 0.3) is 0 Å². The molecule has 1 aromatic carbocycles. The van der Waals surface area contributed by atoms with E-state index in [1.54, 1.807) is 0 Å². The Balaban J connectivity index is 2.47. The summed E-state index contributed by atoms with van der Waals surface area (Å²) < 4.78 is 37.5. The topological polar surface area (TPSA) is 92.5 Å². The molecule has 2 rings (SSSR count). The van der Waals surface area contributed by atoms with Crippen LogP contribution in [0.3, 0.4) is 0 Å². The summed E-state index contributed by atoms with van der Waals surface area (Å²) in [7, 11) is -4.05. The summed E-state index contributed by atoms with van der Waals surface area (Å²) in [6, 6.07) is 2.36. The molecular formula is C11H14FN3O3S. The summed E-state index contributed by atoms with van der Waals surface area (Å²) in [5.41, 5.74) is 0.795. The first-order valence-electron chi connectivity index (χ1n) is 5.64. The molecule has 0 bridgehead atoms. The number of anilines is 2. The van der Waals surface area contributed by atoms with Crippen molar-refractivity contribution in [3.8, 4) is 0 Å². The second kappa shape index (κ2) is 4.46. The zero-order valence-corrected chi connectivity index (χ0v) is 11.3. The van der Waals surface area contributed by atoms with Crippen molar-refractivity contribution in [1.82, 2.24) is 0 Å². The van der Waals surface area contributed by atoms with Crippen LogP contribution in [-0.4, -0.2) is 20.4 Å². The molecule has 3 N–H and O–H groups in total. The molecular weight excluding hydrogens is 273 g/mol. The van der Waals surface area contributed by atoms with Crippen LogP contribution in [0, 0.1) is 5.82 Å². The lowest BCUT2D eigenvalue weighted by Gasteiger charge is -2.22. The Hall–Kier alpha value is -1.67. The Kier molecular flexibility index (Phi) is 3.23. The highest BCUT2D eigenvalue weighted by Crippen LogP contribution is 2.34. The normalized spacial score (nSPS) is 15.0. The average molecular weight is 287 g/mol. The van der Waals surface area contributed by atoms with Crippen molar-refractivity contribution in [3.63, 3.8) is 0 Å². The number of amides is 1. The third-order valence-electron chi connectivity index (χ3n) is 2.81. The monoisotopic (exact) mass is 287 g/mol. The number of nitrogens with one attached hydrogen (secondary N) is 1. The molecule has 6 nitrogen and oxygen atoms in total. The van der Waals surface area contributed by atoms with Crippen LogP contribution in [-0.2, 0) is 21.4 Å². The fourth-order valence-electron chi connectivity index (χ4n) is 2.15. The molecule has 19 heavy (non-hydrogen) atoms. The second-order valence-electron chi connectivity index (χ2n) is 4.64. The fraction of sp³-hybridized carbons (Fsp3) is 0.364. The van der Waals surface area contributed by atoms with E-state index < -0.39 is 16.0 Å². The van der Waals surface area contributed by atoms with Crippen molar-refractivity contribution in [2.75, 3.05) is 9.62 Å². The van der Waals surface area contributed by atoms with Gasteiger partial charge in [-0.25, -0.2) is 9.53 Å². The molecule has 0 aliphatic carbocycles. The van der Waals surface area contributed by atoms with Gasteiger partial charge in [0.25, 0.3) is 10.2 Å². The second-order valence-corrected chi connectivity index (χ2v) is 5.94. The first-order valence-corrected chi connectivity index (χ1v) is 7.18. The van der Waals surface area contributed by atoms with E-state index in [-0.39, 0.29) is 24.1 Å². The lowest BCUT2D eigenvalue weighted by atomic mass is 10.1. The van der Waals surface area contributed by atoms with E-state index >= 15 is 0 Å². The van der Waals surface area contributed by atoms with Crippen LogP contribution >= 0.6 is 0 Å². The van der Waals surface area contributed by atoms with E-state index in [1.165, 1.54) is 11.0 Å². The quantitative estimate of drug-likeness (QED) is 0.858. The van der Waals surface area contributed by atoms with Crippen LogP contribution in [0.1, 0.15) is 19.4 Å². The zero-order chi connectivity index (χ0) is 14.4. The minimum Gasteiger partial charge on any atom is -0.309 e. The van der Waals surface area contributed by atoms with Crippen molar-refractivity contribution >= 4 is 27.5 Å². The number of nitrogens with two attached hydrogens (primary N) is 1. The Labute approximate surface area is 110 Å². The molecule has 0 unspecified atom stereocenters. The number of hydrogen-bond acceptors (Lipinski definition) is 3. The SMILES string of the molecule is CC(C)N1C(=O)Cc2cc(NS(N)(=O)=O)c(F)cc21. The Bertz CT molecular complexity index is 643. The molecule has 104 valence electrons. The molecule has 0 spiro atoms. The smallest absolute Gasteiger partial charge is 0.296 e. The summed E-state index contributed by atoms with van der Waals surface area (Å²) in [5, 5.41) is 4.80. The number of halogens is 1. The summed E-state index contributed by atoms with van der Waals surface area (Å²) in [6.07, 6.45) is 0.118. The van der Waals surface area contributed by atoms with Gasteiger partial charge in [-0.3, -0.25) is 9.52 Å². The number of nitrogens with zero attached hydrogens (tertiary/aromatic N) is 1. The molecule has 0 saturated heterocycles. The van der Waals surface area contributed by atoms with E-state index in [4.69, 9.17) is 5.14 Å². The van der Waals surface area contributed by atoms with Crippen molar-refractivity contribution in [2.45, 2.75) is 26.3 Å². The van der Waals surface area contributed by atoms with Gasteiger partial charge in [0.2, 0.25) is 5.91 Å². The first-order chi connectivity index (χ1) is 8.69. The Morgan fingerprint density at radius 2 is 2.05 bits per heavy atom. The number of fused-ring (bicyclic) bond motifs is 1. The number of benzene rings is 1. The zero-order valence-electron chi connectivity index (χ0n) is 10.5. The first kappa shape index (κ1) is 13.8. The van der Waals surface area contributed by atoms with Gasteiger partial charge in [0.15, 0.2) is 0 Å². The van der Waals surface area contributed by atoms with Gasteiger partial charge in [-0.15, -0.1) is 0 Å². The summed E-state index contributed by atoms with van der Waals surface area (Å²) in [4.78, 5) is 13.3. The third-order valence-corrected chi connectivity index (χ3v) is 3.31. The van der Waals surface area contributed by atoms with Crippen LogP contribution < -0.4 is 14.8 Å². The Morgan fingerprint density at radius 1 is 1.42 bits per heavy atom. The van der Waals surface area contributed by atoms with Crippen molar-refractivity contribution in [3.05, 3.63) is 23.5 Å². The highest BCUT2D eigenvalue weighted by atomic mass is 32.2. The fourth-order valence-corrected chi connectivity index (χ4v) is 2.62. The highest BCUT2D eigenvalue weighted by molar-refractivity contribution is 7.90. The molecule has 1 aliphatic rings. The molecule has 0 saturated carbocycles. The van der Waals surface area contributed by atoms with Crippen LogP contribution in [0.4, 0.5) is 15.8 Å². The number of carbonyl (C=O) groups is 1. The van der Waals surface area contributed by atoms with E-state index in [1.807, 2.05) is 18.6 Å². The van der Waals surface area contributed by atoms with Gasteiger partial charge in [-0.2, -0.15) is 8.42 Å². The molecule has 0 atom stereocenters. The standard InChI is InChI=1S/C11H14FN3O3S/c1-6(2)15-10-5-8(12)9(14-19(13,17)18)3-7(10)4-11(15)16/h3,5-6,14H,4H2,1-2H3,(H2,13,17,18). The van der Waals surface area contributed by atoms with Gasteiger partial charge in [0.05, 0.1) is 17.8 Å². The predicted molar refractivity (Wildman–Crippen MR) is 69.5 cm³/mol. The molecule has 8 heteroatoms. The van der Waals surface area contributed by atoms with Gasteiger partial charge in [0, 0.05) is 12.1 Å². The molecule has 1 amide bonds. The van der Waals surface area contributed by atoms with Gasteiger partial charge in [0.1, 0.15) is 5.82 Å². The van der Waals surface area contributed by atoms with Crippen LogP contribution in [0.15, 0.2) is 12.1 Å². The maximum atomic E-state index is 13.8. The maximum absolute atomic E-state index is 13.8. The van der Waals surface area contributed by atoms with Gasteiger partial charge in [-0.05, 0) is 25.5 Å². The maximum Gasteiger partial charge on any atom is 0.296 e. The molecule has 1 aliphatic heterocycles. The van der Waals surface area contributed by atoms with Gasteiger partial charge >= 0.3 is 0 Å². The average Bonchev–Trinajstić information content (AvgIpc) is 2.51. The molecule has 1 heterocycles. The van der Waals surface area contributed by atoms with Crippen LogP contribution in [0.2, 0.25) is 0 Å².